The van der Waals surface area contributed by atoms with Crippen molar-refractivity contribution in [3.05, 3.63) is 0 Å². The highest BCUT2D eigenvalue weighted by molar-refractivity contribution is 8.00. The predicted molar refractivity (Wildman–Crippen MR) is 73.5 cm³/mol. The van der Waals surface area contributed by atoms with Crippen LogP contribution >= 0.6 is 12.0 Å². The maximum atomic E-state index is 5.12. The van der Waals surface area contributed by atoms with Gasteiger partial charge in [-0.2, -0.15) is 0 Å². The van der Waals surface area contributed by atoms with Gasteiger partial charge < -0.3 is 0 Å². The molecule has 96 valence electrons. The average Bonchev–Trinajstić information content (AvgIpc) is 3.10. The van der Waals surface area contributed by atoms with Gasteiger partial charge in [0.2, 0.25) is 0 Å². The molecule has 1 rings (SSSR count). The normalized spacial score (nSPS) is 18.9. The van der Waals surface area contributed by atoms with Crippen LogP contribution in [0.3, 0.4) is 0 Å². The molecule has 0 radical (unpaired) electrons. The highest BCUT2D eigenvalue weighted by atomic mass is 32.2. The lowest BCUT2D eigenvalue weighted by molar-refractivity contribution is 0.423. The summed E-state index contributed by atoms with van der Waals surface area (Å²) in [6.45, 7) is 2.28. The van der Waals surface area contributed by atoms with Gasteiger partial charge in [-0.25, -0.2) is 0 Å². The fourth-order valence-corrected chi connectivity index (χ4v) is 2.55. The maximum absolute atomic E-state index is 5.12. The molecule has 16 heavy (non-hydrogen) atoms. The highest BCUT2D eigenvalue weighted by Gasteiger charge is 2.23. The fraction of sp³-hybridized carbons (Fsp3) is 1.00. The Hall–Kier alpha value is 0.310. The summed E-state index contributed by atoms with van der Waals surface area (Å²) >= 11 is 1.65. The highest BCUT2D eigenvalue weighted by Crippen LogP contribution is 2.37. The first-order chi connectivity index (χ1) is 7.93. The summed E-state index contributed by atoms with van der Waals surface area (Å²) in [5, 5.41) is 0. The molecule has 0 amide bonds. The summed E-state index contributed by atoms with van der Waals surface area (Å²) in [5.41, 5.74) is 0.568. The Kier molecular flexibility index (Phi) is 9.40. The van der Waals surface area contributed by atoms with E-state index in [1.807, 2.05) is 0 Å². The molecule has 0 bridgehead atoms. The van der Waals surface area contributed by atoms with Crippen molar-refractivity contribution >= 4 is 12.0 Å². The molecule has 0 unspecified atom stereocenters. The topological polar surface area (TPSA) is 12.5 Å². The molecule has 1 aliphatic heterocycles. The summed E-state index contributed by atoms with van der Waals surface area (Å²) in [7, 11) is 0. The van der Waals surface area contributed by atoms with E-state index in [2.05, 4.69) is 6.92 Å². The summed E-state index contributed by atoms with van der Waals surface area (Å²) in [4.78, 5) is 0. The lowest BCUT2D eigenvalue weighted by Crippen LogP contribution is -1.84. The molecule has 0 aromatic carbocycles. The van der Waals surface area contributed by atoms with E-state index in [9.17, 15) is 0 Å². The van der Waals surface area contributed by atoms with Gasteiger partial charge in [0, 0.05) is 12.0 Å². The van der Waals surface area contributed by atoms with Gasteiger partial charge in [0.05, 0.1) is 0 Å². The minimum Gasteiger partial charge on any atom is -0.296 e. The minimum atomic E-state index is 0.568. The van der Waals surface area contributed by atoms with Crippen molar-refractivity contribution < 1.29 is 4.18 Å². The first-order valence-corrected chi connectivity index (χ1v) is 8.06. The van der Waals surface area contributed by atoms with Crippen molar-refractivity contribution in [2.24, 2.45) is 0 Å². The van der Waals surface area contributed by atoms with Crippen molar-refractivity contribution in [1.82, 2.24) is 0 Å². The van der Waals surface area contributed by atoms with E-state index in [4.69, 9.17) is 4.18 Å². The fourth-order valence-electron chi connectivity index (χ4n) is 2.11. The van der Waals surface area contributed by atoms with E-state index < -0.39 is 0 Å². The molecule has 2 heteroatoms. The molecule has 0 aliphatic carbocycles. The SMILES string of the molecule is CCCCCCCCCCCCC[C@H]1OS1. The molecular weight excluding hydrogens is 216 g/mol. The molecular formula is C14H28OS. The van der Waals surface area contributed by atoms with Gasteiger partial charge in [0.1, 0.15) is 5.44 Å². The zero-order chi connectivity index (χ0) is 11.5. The Morgan fingerprint density at radius 1 is 0.750 bits per heavy atom. The van der Waals surface area contributed by atoms with Crippen LogP contribution in [0.15, 0.2) is 0 Å². The van der Waals surface area contributed by atoms with Crippen LogP contribution in [0.25, 0.3) is 0 Å². The van der Waals surface area contributed by atoms with Gasteiger partial charge in [0.15, 0.2) is 0 Å². The van der Waals surface area contributed by atoms with Crippen molar-refractivity contribution in [2.75, 3.05) is 0 Å². The molecule has 0 aromatic rings. The molecule has 1 nitrogen and oxygen atoms in total. The molecule has 0 N–H and O–H groups in total. The average molecular weight is 244 g/mol. The van der Waals surface area contributed by atoms with E-state index >= 15 is 0 Å². The Labute approximate surface area is 106 Å². The molecule has 0 aromatic heterocycles. The standard InChI is InChI=1S/C14H28OS/c1-2-3-4-5-6-7-8-9-10-11-12-13-14-15-16-14/h14H,2-13H2,1H3/t14-/m0/s1. The second kappa shape index (κ2) is 10.5. The van der Waals surface area contributed by atoms with Crippen LogP contribution in [-0.4, -0.2) is 5.44 Å². The van der Waals surface area contributed by atoms with E-state index in [0.717, 1.165) is 0 Å². The van der Waals surface area contributed by atoms with Crippen molar-refractivity contribution in [1.29, 1.82) is 0 Å². The third-order valence-electron chi connectivity index (χ3n) is 3.28. The Balaban J connectivity index is 1.61. The van der Waals surface area contributed by atoms with Gasteiger partial charge in [-0.15, -0.1) is 0 Å². The van der Waals surface area contributed by atoms with Crippen molar-refractivity contribution in [3.8, 4) is 0 Å². The molecule has 0 saturated carbocycles. The van der Waals surface area contributed by atoms with Gasteiger partial charge >= 0.3 is 0 Å². The third kappa shape index (κ3) is 9.53. The van der Waals surface area contributed by atoms with Crippen LogP contribution in [0, 0.1) is 0 Å². The summed E-state index contributed by atoms with van der Waals surface area (Å²) in [6, 6.07) is 0. The van der Waals surface area contributed by atoms with Crippen molar-refractivity contribution in [2.45, 2.75) is 89.4 Å². The van der Waals surface area contributed by atoms with E-state index in [0.29, 0.717) is 5.44 Å². The van der Waals surface area contributed by atoms with Crippen LogP contribution in [0.2, 0.25) is 0 Å². The van der Waals surface area contributed by atoms with Crippen LogP contribution in [0.5, 0.6) is 0 Å². The van der Waals surface area contributed by atoms with Crippen LogP contribution < -0.4 is 0 Å². The first-order valence-electron chi connectivity index (χ1n) is 7.25. The quantitative estimate of drug-likeness (QED) is 0.248. The molecule has 1 saturated heterocycles. The van der Waals surface area contributed by atoms with Gasteiger partial charge in [-0.1, -0.05) is 71.1 Å². The smallest absolute Gasteiger partial charge is 0.143 e. The molecule has 1 heterocycles. The van der Waals surface area contributed by atoms with Gasteiger partial charge in [0.25, 0.3) is 0 Å². The second-order valence-electron chi connectivity index (χ2n) is 4.95. The van der Waals surface area contributed by atoms with E-state index in [1.165, 1.54) is 77.0 Å². The predicted octanol–water partition coefficient (Wildman–Crippen LogP) is 5.69. The largest absolute Gasteiger partial charge is 0.296 e. The van der Waals surface area contributed by atoms with Gasteiger partial charge in [-0.05, 0) is 12.8 Å². The monoisotopic (exact) mass is 244 g/mol. The number of rotatable bonds is 12. The Bertz CT molecular complexity index is 146. The lowest BCUT2D eigenvalue weighted by Gasteiger charge is -2.01. The summed E-state index contributed by atoms with van der Waals surface area (Å²) in [6.07, 6.45) is 17.0. The van der Waals surface area contributed by atoms with Crippen LogP contribution in [-0.2, 0) is 4.18 Å². The van der Waals surface area contributed by atoms with Crippen LogP contribution in [0.4, 0.5) is 0 Å². The zero-order valence-electron chi connectivity index (χ0n) is 10.9. The van der Waals surface area contributed by atoms with Crippen molar-refractivity contribution in [3.63, 3.8) is 0 Å². The Morgan fingerprint density at radius 3 is 1.62 bits per heavy atom. The molecule has 0 spiro atoms. The number of unbranched alkanes of at least 4 members (excludes halogenated alkanes) is 10. The second-order valence-corrected chi connectivity index (χ2v) is 5.86. The van der Waals surface area contributed by atoms with Gasteiger partial charge in [-0.3, -0.25) is 4.18 Å². The summed E-state index contributed by atoms with van der Waals surface area (Å²) in [5.74, 6) is 0. The molecule has 1 atom stereocenters. The summed E-state index contributed by atoms with van der Waals surface area (Å²) < 4.78 is 5.12. The van der Waals surface area contributed by atoms with E-state index in [1.54, 1.807) is 12.0 Å². The number of hydrogen-bond acceptors (Lipinski definition) is 2. The maximum Gasteiger partial charge on any atom is 0.143 e. The third-order valence-corrected chi connectivity index (χ3v) is 3.98. The lowest BCUT2D eigenvalue weighted by atomic mass is 10.1. The van der Waals surface area contributed by atoms with Crippen LogP contribution in [0.1, 0.15) is 84.0 Å². The molecule has 1 fully saturated rings. The first kappa shape index (κ1) is 14.4. The van der Waals surface area contributed by atoms with E-state index in [-0.39, 0.29) is 0 Å². The number of hydrogen-bond donors (Lipinski definition) is 0. The zero-order valence-corrected chi connectivity index (χ0v) is 11.7. The minimum absolute atomic E-state index is 0.568. The molecule has 1 aliphatic rings. The Morgan fingerprint density at radius 2 is 1.19 bits per heavy atom.